The summed E-state index contributed by atoms with van der Waals surface area (Å²) >= 11 is 6.03. The van der Waals surface area contributed by atoms with E-state index in [4.69, 9.17) is 22.1 Å². The first-order valence-electron chi connectivity index (χ1n) is 5.79. The van der Waals surface area contributed by atoms with Crippen LogP contribution in [0, 0.1) is 0 Å². The van der Waals surface area contributed by atoms with Gasteiger partial charge in [-0.25, -0.2) is 4.68 Å². The van der Waals surface area contributed by atoms with Gasteiger partial charge in [0.2, 0.25) is 0 Å². The number of nitrogens with zero attached hydrogens (tertiary/aromatic N) is 4. The molecule has 1 aromatic carbocycles. The van der Waals surface area contributed by atoms with Crippen molar-refractivity contribution >= 4 is 17.3 Å². The van der Waals surface area contributed by atoms with Crippen molar-refractivity contribution < 1.29 is 4.74 Å². The number of para-hydroxylation sites is 1. The Morgan fingerprint density at radius 2 is 2.16 bits per heavy atom. The Bertz CT molecular complexity index is 581. The summed E-state index contributed by atoms with van der Waals surface area (Å²) in [6, 6.07) is 5.39. The lowest BCUT2D eigenvalue weighted by Gasteiger charge is -2.24. The largest absolute Gasteiger partial charge is 0.397 e. The predicted octanol–water partition coefficient (Wildman–Crippen LogP) is 1.96. The van der Waals surface area contributed by atoms with Crippen molar-refractivity contribution in [3.8, 4) is 11.4 Å². The van der Waals surface area contributed by atoms with Crippen LogP contribution in [-0.4, -0.2) is 33.9 Å². The lowest BCUT2D eigenvalue weighted by molar-refractivity contribution is 0.101. The number of hydrogen-bond acceptors (Lipinski definition) is 5. The minimum absolute atomic E-state index is 0.387. The Hall–Kier alpha value is -1.66. The van der Waals surface area contributed by atoms with Crippen molar-refractivity contribution in [2.24, 2.45) is 0 Å². The van der Waals surface area contributed by atoms with Crippen LogP contribution in [0.5, 0.6) is 0 Å². The van der Waals surface area contributed by atoms with Gasteiger partial charge in [-0.2, -0.15) is 0 Å². The van der Waals surface area contributed by atoms with E-state index in [0.29, 0.717) is 28.7 Å². The number of aromatic nitrogens is 4. The molecule has 1 heterocycles. The van der Waals surface area contributed by atoms with E-state index in [9.17, 15) is 0 Å². The zero-order chi connectivity index (χ0) is 14.0. The van der Waals surface area contributed by atoms with Gasteiger partial charge in [-0.05, 0) is 36.4 Å². The maximum atomic E-state index is 6.03. The zero-order valence-electron chi connectivity index (χ0n) is 11.1. The fourth-order valence-corrected chi connectivity index (χ4v) is 2.08. The molecule has 0 aliphatic carbocycles. The maximum absolute atomic E-state index is 6.03. The number of ether oxygens (including phenoxy) is 1. The summed E-state index contributed by atoms with van der Waals surface area (Å²) in [5.74, 6) is 0.571. The molecule has 0 unspecified atom stereocenters. The summed E-state index contributed by atoms with van der Waals surface area (Å²) in [6.07, 6.45) is 0. The minimum atomic E-state index is -0.387. The van der Waals surface area contributed by atoms with Gasteiger partial charge in [-0.1, -0.05) is 17.7 Å². The molecule has 2 rings (SSSR count). The molecule has 6 nitrogen and oxygen atoms in total. The van der Waals surface area contributed by atoms with Gasteiger partial charge in [-0.15, -0.1) is 5.10 Å². The molecule has 19 heavy (non-hydrogen) atoms. The Morgan fingerprint density at radius 3 is 2.84 bits per heavy atom. The highest BCUT2D eigenvalue weighted by Gasteiger charge is 2.27. The normalized spacial score (nSPS) is 11.8. The molecule has 1 aromatic heterocycles. The van der Waals surface area contributed by atoms with E-state index in [-0.39, 0.29) is 5.54 Å². The Balaban J connectivity index is 2.53. The van der Waals surface area contributed by atoms with Crippen LogP contribution in [0.3, 0.4) is 0 Å². The Morgan fingerprint density at radius 1 is 1.42 bits per heavy atom. The quantitative estimate of drug-likeness (QED) is 0.867. The number of rotatable bonds is 4. The number of benzene rings is 1. The van der Waals surface area contributed by atoms with Crippen molar-refractivity contribution in [3.05, 3.63) is 23.2 Å². The molecule has 0 atom stereocenters. The van der Waals surface area contributed by atoms with Gasteiger partial charge in [0, 0.05) is 12.7 Å². The molecule has 2 N–H and O–H groups in total. The van der Waals surface area contributed by atoms with Gasteiger partial charge >= 0.3 is 0 Å². The molecule has 0 fully saturated rings. The first-order chi connectivity index (χ1) is 8.97. The number of anilines is 1. The molecule has 0 radical (unpaired) electrons. The molecule has 0 aliphatic heterocycles. The molecule has 2 aromatic rings. The number of methoxy groups -OCH3 is 1. The maximum Gasteiger partial charge on any atom is 0.184 e. The molecule has 0 amide bonds. The van der Waals surface area contributed by atoms with Crippen LogP contribution in [0.1, 0.15) is 13.8 Å². The van der Waals surface area contributed by atoms with Gasteiger partial charge in [0.1, 0.15) is 0 Å². The van der Waals surface area contributed by atoms with Crippen LogP contribution in [0.2, 0.25) is 5.02 Å². The molecular weight excluding hydrogens is 266 g/mol. The fraction of sp³-hybridized carbons (Fsp3) is 0.417. The lowest BCUT2D eigenvalue weighted by atomic mass is 10.1. The van der Waals surface area contributed by atoms with Crippen LogP contribution >= 0.6 is 11.6 Å². The SMILES string of the molecule is COCC(C)(C)n1nnnc1-c1cccc(Cl)c1N. The monoisotopic (exact) mass is 281 g/mol. The summed E-state index contributed by atoms with van der Waals surface area (Å²) < 4.78 is 6.89. The lowest BCUT2D eigenvalue weighted by Crippen LogP contribution is -2.33. The van der Waals surface area contributed by atoms with E-state index in [1.54, 1.807) is 17.9 Å². The summed E-state index contributed by atoms with van der Waals surface area (Å²) in [4.78, 5) is 0. The van der Waals surface area contributed by atoms with Gasteiger partial charge in [0.25, 0.3) is 0 Å². The summed E-state index contributed by atoms with van der Waals surface area (Å²) in [5.41, 5.74) is 6.78. The molecule has 0 bridgehead atoms. The van der Waals surface area contributed by atoms with Crippen molar-refractivity contribution in [2.75, 3.05) is 19.5 Å². The smallest absolute Gasteiger partial charge is 0.184 e. The van der Waals surface area contributed by atoms with Gasteiger partial charge in [0.15, 0.2) is 5.82 Å². The topological polar surface area (TPSA) is 78.8 Å². The van der Waals surface area contributed by atoms with Crippen LogP contribution in [0.25, 0.3) is 11.4 Å². The third-order valence-electron chi connectivity index (χ3n) is 2.83. The highest BCUT2D eigenvalue weighted by Crippen LogP contribution is 2.31. The van der Waals surface area contributed by atoms with Gasteiger partial charge < -0.3 is 10.5 Å². The van der Waals surface area contributed by atoms with E-state index in [2.05, 4.69) is 15.5 Å². The van der Waals surface area contributed by atoms with Gasteiger partial charge in [-0.3, -0.25) is 0 Å². The van der Waals surface area contributed by atoms with Crippen molar-refractivity contribution in [2.45, 2.75) is 19.4 Å². The molecule has 0 saturated carbocycles. The van der Waals surface area contributed by atoms with Crippen LogP contribution in [0.15, 0.2) is 18.2 Å². The Labute approximate surface area is 116 Å². The molecule has 0 saturated heterocycles. The van der Waals surface area contributed by atoms with E-state index in [1.165, 1.54) is 0 Å². The second-order valence-corrected chi connectivity index (χ2v) is 5.27. The average molecular weight is 282 g/mol. The summed E-state index contributed by atoms with van der Waals surface area (Å²) in [5, 5.41) is 12.3. The number of tetrazole rings is 1. The van der Waals surface area contributed by atoms with E-state index >= 15 is 0 Å². The standard InChI is InChI=1S/C12H16ClN5O/c1-12(2,7-19-3)18-11(15-16-17-18)8-5-4-6-9(13)10(8)14/h4-6H,7,14H2,1-3H3. The molecule has 102 valence electrons. The first kappa shape index (κ1) is 13.8. The third-order valence-corrected chi connectivity index (χ3v) is 3.16. The van der Waals surface area contributed by atoms with Gasteiger partial charge in [0.05, 0.1) is 22.9 Å². The number of hydrogen-bond donors (Lipinski definition) is 1. The number of halogens is 1. The highest BCUT2D eigenvalue weighted by molar-refractivity contribution is 6.33. The summed E-state index contributed by atoms with van der Waals surface area (Å²) in [6.45, 7) is 4.44. The predicted molar refractivity (Wildman–Crippen MR) is 73.9 cm³/mol. The van der Waals surface area contributed by atoms with Crippen molar-refractivity contribution in [3.63, 3.8) is 0 Å². The van der Waals surface area contributed by atoms with Crippen molar-refractivity contribution in [1.82, 2.24) is 20.2 Å². The summed E-state index contributed by atoms with van der Waals surface area (Å²) in [7, 11) is 1.64. The Kier molecular flexibility index (Phi) is 3.73. The number of nitrogens with two attached hydrogens (primary N) is 1. The highest BCUT2D eigenvalue weighted by atomic mass is 35.5. The van der Waals surface area contributed by atoms with E-state index < -0.39 is 0 Å². The van der Waals surface area contributed by atoms with Crippen molar-refractivity contribution in [1.29, 1.82) is 0 Å². The van der Waals surface area contributed by atoms with Crippen LogP contribution in [0.4, 0.5) is 5.69 Å². The first-order valence-corrected chi connectivity index (χ1v) is 6.17. The number of nitrogen functional groups attached to an aromatic ring is 1. The average Bonchev–Trinajstić information content (AvgIpc) is 2.82. The van der Waals surface area contributed by atoms with Crippen LogP contribution in [-0.2, 0) is 10.3 Å². The zero-order valence-corrected chi connectivity index (χ0v) is 11.8. The molecule has 0 aliphatic rings. The molecule has 0 spiro atoms. The molecular formula is C12H16ClN5O. The third kappa shape index (κ3) is 2.54. The minimum Gasteiger partial charge on any atom is -0.397 e. The van der Waals surface area contributed by atoms with E-state index in [0.717, 1.165) is 0 Å². The second kappa shape index (κ2) is 5.14. The second-order valence-electron chi connectivity index (χ2n) is 4.86. The fourth-order valence-electron chi connectivity index (χ4n) is 1.91. The van der Waals surface area contributed by atoms with Crippen LogP contribution < -0.4 is 5.73 Å². The molecule has 7 heteroatoms. The van der Waals surface area contributed by atoms with E-state index in [1.807, 2.05) is 26.0 Å².